The van der Waals surface area contributed by atoms with E-state index < -0.39 is 6.09 Å². The Morgan fingerprint density at radius 1 is 1.29 bits per heavy atom. The lowest BCUT2D eigenvalue weighted by Crippen LogP contribution is -2.13. The summed E-state index contributed by atoms with van der Waals surface area (Å²) in [5.41, 5.74) is 3.20. The quantitative estimate of drug-likeness (QED) is 0.394. The SMILES string of the molecule is CCCOC(=O)n1cnc2c(-c3nnc(Nc4ccc5[nH]ncc5c4Cl)s3)ccnc21. The number of pyridine rings is 1. The van der Waals surface area contributed by atoms with Crippen LogP contribution in [0.15, 0.2) is 36.9 Å². The molecule has 2 N–H and O–H groups in total. The van der Waals surface area contributed by atoms with Crippen molar-refractivity contribution in [1.82, 2.24) is 34.9 Å². The topological polar surface area (TPSA) is 124 Å². The predicted molar refractivity (Wildman–Crippen MR) is 118 cm³/mol. The van der Waals surface area contributed by atoms with Gasteiger partial charge in [0.2, 0.25) is 5.13 Å². The fourth-order valence-corrected chi connectivity index (χ4v) is 4.10. The second kappa shape index (κ2) is 7.93. The number of fused-ring (bicyclic) bond motifs is 2. The zero-order valence-electron chi connectivity index (χ0n) is 16.2. The van der Waals surface area contributed by atoms with Crippen molar-refractivity contribution in [1.29, 1.82) is 0 Å². The van der Waals surface area contributed by atoms with Gasteiger partial charge in [0, 0.05) is 17.1 Å². The van der Waals surface area contributed by atoms with Crippen molar-refractivity contribution in [3.63, 3.8) is 0 Å². The van der Waals surface area contributed by atoms with E-state index in [-0.39, 0.29) is 0 Å². The summed E-state index contributed by atoms with van der Waals surface area (Å²) in [4.78, 5) is 20.9. The molecule has 4 aromatic heterocycles. The van der Waals surface area contributed by atoms with Gasteiger partial charge in [-0.3, -0.25) is 5.10 Å². The lowest BCUT2D eigenvalue weighted by atomic mass is 10.2. The molecule has 0 aliphatic heterocycles. The number of aromatic nitrogens is 7. The van der Waals surface area contributed by atoms with Crippen molar-refractivity contribution in [3.8, 4) is 10.6 Å². The van der Waals surface area contributed by atoms with Crippen LogP contribution in [0.4, 0.5) is 15.6 Å². The number of anilines is 2. The Morgan fingerprint density at radius 3 is 3.06 bits per heavy atom. The van der Waals surface area contributed by atoms with Crippen LogP contribution in [0.5, 0.6) is 0 Å². The van der Waals surface area contributed by atoms with Gasteiger partial charge in [-0.1, -0.05) is 29.9 Å². The number of H-pyrrole nitrogens is 1. The van der Waals surface area contributed by atoms with Gasteiger partial charge >= 0.3 is 6.09 Å². The number of hydrogen-bond acceptors (Lipinski definition) is 9. The first-order chi connectivity index (χ1) is 15.2. The van der Waals surface area contributed by atoms with Gasteiger partial charge in [-0.2, -0.15) is 5.10 Å². The molecule has 0 spiro atoms. The maximum atomic E-state index is 12.2. The van der Waals surface area contributed by atoms with Gasteiger partial charge in [-0.25, -0.2) is 19.3 Å². The second-order valence-electron chi connectivity index (χ2n) is 6.56. The molecule has 0 fully saturated rings. The van der Waals surface area contributed by atoms with Crippen molar-refractivity contribution in [3.05, 3.63) is 41.9 Å². The number of carbonyl (C=O) groups excluding carboxylic acids is 1. The highest BCUT2D eigenvalue weighted by Gasteiger charge is 2.18. The normalized spacial score (nSPS) is 11.3. The number of halogens is 1. The Kier molecular flexibility index (Phi) is 4.96. The summed E-state index contributed by atoms with van der Waals surface area (Å²) in [6.45, 7) is 2.26. The van der Waals surface area contributed by atoms with Gasteiger partial charge in [-0.05, 0) is 24.6 Å². The first-order valence-electron chi connectivity index (χ1n) is 9.37. The van der Waals surface area contributed by atoms with E-state index in [1.165, 1.54) is 22.2 Å². The van der Waals surface area contributed by atoms with E-state index in [2.05, 4.69) is 35.7 Å². The van der Waals surface area contributed by atoms with E-state index in [1.54, 1.807) is 18.5 Å². The molecule has 0 saturated carbocycles. The molecule has 156 valence electrons. The molecule has 10 nitrogen and oxygen atoms in total. The predicted octanol–water partition coefficient (Wildman–Crippen LogP) is 4.62. The largest absolute Gasteiger partial charge is 0.449 e. The summed E-state index contributed by atoms with van der Waals surface area (Å²) in [7, 11) is 0. The highest BCUT2D eigenvalue weighted by Crippen LogP contribution is 2.35. The maximum absolute atomic E-state index is 12.2. The lowest BCUT2D eigenvalue weighted by molar-refractivity contribution is 0.149. The number of hydrogen-bond donors (Lipinski definition) is 2. The third-order valence-electron chi connectivity index (χ3n) is 4.52. The number of nitrogens with zero attached hydrogens (tertiary/aromatic N) is 6. The molecule has 0 radical (unpaired) electrons. The Balaban J connectivity index is 1.46. The molecule has 0 atom stereocenters. The van der Waals surface area contributed by atoms with Gasteiger partial charge in [-0.15, -0.1) is 10.2 Å². The van der Waals surface area contributed by atoms with E-state index in [1.807, 2.05) is 19.1 Å². The van der Waals surface area contributed by atoms with Crippen LogP contribution in [0.3, 0.4) is 0 Å². The second-order valence-corrected chi connectivity index (χ2v) is 7.91. The number of aromatic amines is 1. The van der Waals surface area contributed by atoms with Crippen LogP contribution in [0.1, 0.15) is 13.3 Å². The molecule has 1 aromatic carbocycles. The molecule has 31 heavy (non-hydrogen) atoms. The standard InChI is InChI=1S/C19H15ClN8O2S/c1-2-7-30-19(29)28-9-22-15-10(5-6-21-16(15)28)17-26-27-18(31-17)24-13-4-3-12-11(14(13)20)8-23-25-12/h3-6,8-9H,2,7H2,1H3,(H,23,25)(H,24,27). The zero-order valence-corrected chi connectivity index (χ0v) is 17.7. The molecule has 5 aromatic rings. The molecule has 5 rings (SSSR count). The van der Waals surface area contributed by atoms with Crippen LogP contribution in [0, 0.1) is 0 Å². The summed E-state index contributed by atoms with van der Waals surface area (Å²) in [6.07, 6.45) is 4.89. The van der Waals surface area contributed by atoms with Gasteiger partial charge in [0.25, 0.3) is 0 Å². The Bertz CT molecular complexity index is 1410. The Morgan fingerprint density at radius 2 is 2.19 bits per heavy atom. The van der Waals surface area contributed by atoms with Crippen molar-refractivity contribution >= 4 is 61.9 Å². The molecule has 0 amide bonds. The van der Waals surface area contributed by atoms with Crippen molar-refractivity contribution in [2.75, 3.05) is 11.9 Å². The van der Waals surface area contributed by atoms with E-state index in [9.17, 15) is 4.79 Å². The maximum Gasteiger partial charge on any atom is 0.420 e. The first-order valence-corrected chi connectivity index (χ1v) is 10.6. The third-order valence-corrected chi connectivity index (χ3v) is 5.80. The highest BCUT2D eigenvalue weighted by atomic mass is 35.5. The molecule has 12 heteroatoms. The number of imidazole rings is 1. The number of nitrogens with one attached hydrogen (secondary N) is 2. The van der Waals surface area contributed by atoms with Gasteiger partial charge < -0.3 is 10.1 Å². The minimum Gasteiger partial charge on any atom is -0.449 e. The van der Waals surface area contributed by atoms with Crippen molar-refractivity contribution in [2.24, 2.45) is 0 Å². The summed E-state index contributed by atoms with van der Waals surface area (Å²) >= 11 is 7.81. The number of ether oxygens (including phenoxy) is 1. The Hall–Kier alpha value is -3.57. The van der Waals surface area contributed by atoms with E-state index >= 15 is 0 Å². The number of rotatable bonds is 5. The fraction of sp³-hybridized carbons (Fsp3) is 0.158. The minimum atomic E-state index is -0.516. The molecule has 0 aliphatic carbocycles. The highest BCUT2D eigenvalue weighted by molar-refractivity contribution is 7.18. The van der Waals surface area contributed by atoms with E-state index in [4.69, 9.17) is 16.3 Å². The average molecular weight is 455 g/mol. The van der Waals surface area contributed by atoms with Gasteiger partial charge in [0.15, 0.2) is 10.7 Å². The lowest BCUT2D eigenvalue weighted by Gasteiger charge is -2.05. The smallest absolute Gasteiger partial charge is 0.420 e. The van der Waals surface area contributed by atoms with Gasteiger partial charge in [0.05, 0.1) is 29.0 Å². The van der Waals surface area contributed by atoms with Crippen LogP contribution >= 0.6 is 22.9 Å². The van der Waals surface area contributed by atoms with E-state index in [0.29, 0.717) is 44.2 Å². The van der Waals surface area contributed by atoms with Crippen LogP contribution in [0.25, 0.3) is 32.6 Å². The van der Waals surface area contributed by atoms with Crippen molar-refractivity contribution in [2.45, 2.75) is 13.3 Å². The number of benzene rings is 1. The van der Waals surface area contributed by atoms with Crippen LogP contribution < -0.4 is 5.32 Å². The molecule has 0 unspecified atom stereocenters. The molecule has 4 heterocycles. The van der Waals surface area contributed by atoms with Crippen LogP contribution in [-0.4, -0.2) is 47.6 Å². The monoisotopic (exact) mass is 454 g/mol. The average Bonchev–Trinajstić information content (AvgIpc) is 3.53. The molecule has 0 saturated heterocycles. The van der Waals surface area contributed by atoms with Crippen LogP contribution in [0.2, 0.25) is 5.02 Å². The van der Waals surface area contributed by atoms with E-state index in [0.717, 1.165) is 17.3 Å². The molecule has 0 bridgehead atoms. The first kappa shape index (κ1) is 19.4. The molecular weight excluding hydrogens is 440 g/mol. The Labute approximate surface area is 184 Å². The molecule has 0 aliphatic rings. The van der Waals surface area contributed by atoms with Crippen molar-refractivity contribution < 1.29 is 9.53 Å². The zero-order chi connectivity index (χ0) is 21.4. The third kappa shape index (κ3) is 3.47. The molecular formula is C19H15ClN8O2S. The summed E-state index contributed by atoms with van der Waals surface area (Å²) in [5, 5.41) is 21.1. The minimum absolute atomic E-state index is 0.330. The summed E-state index contributed by atoms with van der Waals surface area (Å²) in [5.74, 6) is 0. The fourth-order valence-electron chi connectivity index (χ4n) is 3.06. The summed E-state index contributed by atoms with van der Waals surface area (Å²) in [6, 6.07) is 5.51. The summed E-state index contributed by atoms with van der Waals surface area (Å²) < 4.78 is 6.47. The van der Waals surface area contributed by atoms with Gasteiger partial charge in [0.1, 0.15) is 11.8 Å². The number of carbonyl (C=O) groups is 1. The van der Waals surface area contributed by atoms with Crippen LogP contribution in [-0.2, 0) is 4.74 Å².